The number of rotatable bonds is 9. The minimum atomic E-state index is -1.24. The second-order valence-corrected chi connectivity index (χ2v) is 11.7. The number of nitrogens with zero attached hydrogens (tertiary/aromatic N) is 4. The number of anilines is 1. The molecule has 2 heterocycles. The summed E-state index contributed by atoms with van der Waals surface area (Å²) in [7, 11) is 0. The number of carbonyl (C=O) groups excluding carboxylic acids is 1. The fourth-order valence-electron chi connectivity index (χ4n) is 5.17. The number of aliphatic hydroxyl groups is 1. The molecule has 0 unspecified atom stereocenters. The first kappa shape index (κ1) is 29.1. The van der Waals surface area contributed by atoms with Gasteiger partial charge in [-0.1, -0.05) is 30.3 Å². The Labute approximate surface area is 242 Å². The Balaban J connectivity index is 1.27. The fraction of sp³-hybridized carbons (Fsp3) is 0.433. The zero-order chi connectivity index (χ0) is 28.8. The van der Waals surface area contributed by atoms with Crippen molar-refractivity contribution in [1.29, 1.82) is 0 Å². The number of para-hydroxylation sites is 1. The zero-order valence-electron chi connectivity index (χ0n) is 23.2. The van der Waals surface area contributed by atoms with Crippen molar-refractivity contribution in [1.82, 2.24) is 14.1 Å². The number of hydrogen-bond donors (Lipinski definition) is 1. The van der Waals surface area contributed by atoms with Crippen LogP contribution >= 0.6 is 0 Å². The van der Waals surface area contributed by atoms with Crippen LogP contribution in [-0.4, -0.2) is 74.7 Å². The number of piperazine rings is 1. The number of aliphatic hydroxyl groups excluding tert-OH is 1. The van der Waals surface area contributed by atoms with Crippen LogP contribution in [0.15, 0.2) is 65.6 Å². The molecule has 2 aliphatic rings. The summed E-state index contributed by atoms with van der Waals surface area (Å²) in [5.41, 5.74) is 2.31. The molecule has 1 atom stereocenters. The molecule has 1 aliphatic heterocycles. The highest BCUT2D eigenvalue weighted by molar-refractivity contribution is 7.88. The molecule has 0 radical (unpaired) electrons. The first-order chi connectivity index (χ1) is 19.9. The predicted octanol–water partition coefficient (Wildman–Crippen LogP) is 3.08. The molecule has 11 heteroatoms. The molecule has 0 bridgehead atoms. The maximum Gasteiger partial charge on any atom is 0.338 e. The Morgan fingerprint density at radius 2 is 1.71 bits per heavy atom. The standard InChI is InChI=1S/C30H36N4O6S/c1-2-39-30(37)23-10-8-22(9-11-23)21-41(38)33-18-16-32(17-19-33)27-20-31-34(24-6-4-3-5-7-24)29(36)28(27)40-26-14-12-25(35)13-15-26/h3-11,20,25-26,35H,2,12-19,21H2,1H3/t25?,26?,41-/m1/s1. The number of ether oxygens (including phenoxy) is 2. The van der Waals surface area contributed by atoms with Gasteiger partial charge in [0.1, 0.15) is 5.69 Å². The van der Waals surface area contributed by atoms with Crippen LogP contribution < -0.4 is 15.2 Å². The largest absolute Gasteiger partial charge is 0.598 e. The van der Waals surface area contributed by atoms with Gasteiger partial charge in [0, 0.05) is 30.0 Å². The summed E-state index contributed by atoms with van der Waals surface area (Å²) >= 11 is -1.24. The molecule has 1 saturated carbocycles. The molecule has 1 N–H and O–H groups in total. The fourth-order valence-corrected chi connectivity index (χ4v) is 6.40. The van der Waals surface area contributed by atoms with Gasteiger partial charge in [-0.25, -0.2) is 4.79 Å². The van der Waals surface area contributed by atoms with Crippen molar-refractivity contribution in [2.24, 2.45) is 0 Å². The van der Waals surface area contributed by atoms with Crippen LogP contribution in [0.1, 0.15) is 48.5 Å². The number of aromatic nitrogens is 2. The summed E-state index contributed by atoms with van der Waals surface area (Å²) < 4.78 is 27.8. The van der Waals surface area contributed by atoms with Crippen molar-refractivity contribution < 1.29 is 23.9 Å². The van der Waals surface area contributed by atoms with Gasteiger partial charge in [-0.15, -0.1) is 4.31 Å². The van der Waals surface area contributed by atoms with Crippen molar-refractivity contribution in [2.45, 2.75) is 50.6 Å². The minimum absolute atomic E-state index is 0.152. The lowest BCUT2D eigenvalue weighted by atomic mass is 9.95. The van der Waals surface area contributed by atoms with E-state index in [0.717, 1.165) is 5.56 Å². The molecule has 41 heavy (non-hydrogen) atoms. The Bertz CT molecular complexity index is 1350. The van der Waals surface area contributed by atoms with E-state index in [-0.39, 0.29) is 29.5 Å². The maximum absolute atomic E-state index is 13.7. The molecule has 0 amide bonds. The highest BCUT2D eigenvalue weighted by Crippen LogP contribution is 2.30. The maximum atomic E-state index is 13.7. The van der Waals surface area contributed by atoms with Crippen molar-refractivity contribution in [3.8, 4) is 11.4 Å². The Morgan fingerprint density at radius 3 is 2.37 bits per heavy atom. The Hall–Kier alpha value is -3.38. The van der Waals surface area contributed by atoms with Crippen LogP contribution in [0.5, 0.6) is 5.75 Å². The summed E-state index contributed by atoms with van der Waals surface area (Å²) in [6, 6.07) is 16.3. The average molecular weight is 581 g/mol. The summed E-state index contributed by atoms with van der Waals surface area (Å²) in [6.07, 6.45) is 3.86. The van der Waals surface area contributed by atoms with Gasteiger partial charge in [-0.05, 0) is 56.9 Å². The van der Waals surface area contributed by atoms with Crippen molar-refractivity contribution in [2.75, 3.05) is 37.7 Å². The summed E-state index contributed by atoms with van der Waals surface area (Å²) in [6.45, 7) is 4.29. The zero-order valence-corrected chi connectivity index (χ0v) is 24.0. The molecule has 5 rings (SSSR count). The second-order valence-electron chi connectivity index (χ2n) is 10.3. The van der Waals surface area contributed by atoms with Gasteiger partial charge in [-0.2, -0.15) is 9.78 Å². The van der Waals surface area contributed by atoms with E-state index in [1.807, 2.05) is 46.8 Å². The first-order valence-corrected chi connectivity index (χ1v) is 15.4. The molecule has 218 valence electrons. The molecule has 0 spiro atoms. The molecule has 10 nitrogen and oxygen atoms in total. The van der Waals surface area contributed by atoms with E-state index in [4.69, 9.17) is 9.47 Å². The molecule has 2 aromatic carbocycles. The van der Waals surface area contributed by atoms with Gasteiger partial charge in [0.25, 0.3) is 0 Å². The number of esters is 1. The smallest absolute Gasteiger partial charge is 0.338 e. The van der Waals surface area contributed by atoms with Crippen LogP contribution in [0.4, 0.5) is 5.69 Å². The van der Waals surface area contributed by atoms with Gasteiger partial charge < -0.3 is 24.0 Å². The minimum Gasteiger partial charge on any atom is -0.598 e. The molecule has 2 fully saturated rings. The molecule has 1 saturated heterocycles. The third kappa shape index (κ3) is 7.10. The first-order valence-electron chi connectivity index (χ1n) is 14.1. The number of benzene rings is 2. The Kier molecular flexibility index (Phi) is 9.60. The summed E-state index contributed by atoms with van der Waals surface area (Å²) in [5, 5.41) is 14.4. The van der Waals surface area contributed by atoms with Gasteiger partial charge in [0.2, 0.25) is 5.75 Å². The van der Waals surface area contributed by atoms with E-state index in [2.05, 4.69) is 10.00 Å². The lowest BCUT2D eigenvalue weighted by Gasteiger charge is -2.36. The lowest BCUT2D eigenvalue weighted by molar-refractivity contribution is 0.0526. The monoisotopic (exact) mass is 580 g/mol. The lowest BCUT2D eigenvalue weighted by Crippen LogP contribution is -2.49. The highest BCUT2D eigenvalue weighted by atomic mass is 32.2. The SMILES string of the molecule is CCOC(=O)c1ccc(C[S@@+]([O-])N2CCN(c3cnn(-c4ccccc4)c(=O)c3OC3CCC(O)CC3)CC2)cc1. The van der Waals surface area contributed by atoms with Crippen molar-refractivity contribution in [3.05, 3.63) is 82.3 Å². The third-order valence-corrected chi connectivity index (χ3v) is 8.99. The van der Waals surface area contributed by atoms with Gasteiger partial charge >= 0.3 is 11.5 Å². The van der Waals surface area contributed by atoms with E-state index in [9.17, 15) is 19.2 Å². The van der Waals surface area contributed by atoms with Gasteiger partial charge in [-0.3, -0.25) is 4.79 Å². The quantitative estimate of drug-likeness (QED) is 0.301. The molecular weight excluding hydrogens is 544 g/mol. The van der Waals surface area contributed by atoms with Crippen LogP contribution in [-0.2, 0) is 21.9 Å². The van der Waals surface area contributed by atoms with E-state index in [1.165, 1.54) is 4.68 Å². The van der Waals surface area contributed by atoms with E-state index in [0.29, 0.717) is 81.2 Å². The van der Waals surface area contributed by atoms with Crippen LogP contribution in [0.2, 0.25) is 0 Å². The van der Waals surface area contributed by atoms with Gasteiger partial charge in [0.15, 0.2) is 5.75 Å². The van der Waals surface area contributed by atoms with Crippen molar-refractivity contribution >= 4 is 23.0 Å². The van der Waals surface area contributed by atoms with Gasteiger partial charge in [0.05, 0.1) is 49.4 Å². The topological polar surface area (TPSA) is 120 Å². The molecule has 1 aliphatic carbocycles. The van der Waals surface area contributed by atoms with E-state index >= 15 is 0 Å². The van der Waals surface area contributed by atoms with Crippen LogP contribution in [0.25, 0.3) is 5.69 Å². The molecular formula is C30H36N4O6S. The van der Waals surface area contributed by atoms with Crippen molar-refractivity contribution in [3.63, 3.8) is 0 Å². The van der Waals surface area contributed by atoms with E-state index < -0.39 is 11.4 Å². The molecule has 3 aromatic rings. The highest BCUT2D eigenvalue weighted by Gasteiger charge is 2.30. The normalized spacial score (nSPS) is 20.4. The third-order valence-electron chi connectivity index (χ3n) is 7.47. The second kappa shape index (κ2) is 13.5. The number of hydrogen-bond acceptors (Lipinski definition) is 9. The Morgan fingerprint density at radius 1 is 1.02 bits per heavy atom. The number of carbonyl (C=O) groups is 1. The van der Waals surface area contributed by atoms with Crippen LogP contribution in [0.3, 0.4) is 0 Å². The molecule has 1 aromatic heterocycles. The predicted molar refractivity (Wildman–Crippen MR) is 157 cm³/mol. The van der Waals surface area contributed by atoms with Crippen LogP contribution in [0, 0.1) is 0 Å². The summed E-state index contributed by atoms with van der Waals surface area (Å²) in [4.78, 5) is 27.6. The summed E-state index contributed by atoms with van der Waals surface area (Å²) in [5.74, 6) is 0.243. The average Bonchev–Trinajstić information content (AvgIpc) is 3.00. The van der Waals surface area contributed by atoms with E-state index in [1.54, 1.807) is 25.3 Å².